The van der Waals surface area contributed by atoms with Gasteiger partial charge in [-0.05, 0) is 26.0 Å². The van der Waals surface area contributed by atoms with Crippen LogP contribution < -0.4 is 0 Å². The first-order valence-corrected chi connectivity index (χ1v) is 7.25. The highest BCUT2D eigenvalue weighted by Gasteiger charge is 2.15. The van der Waals surface area contributed by atoms with Crippen LogP contribution in [0.2, 0.25) is 0 Å². The van der Waals surface area contributed by atoms with E-state index in [1.807, 2.05) is 13.8 Å². The Kier molecular flexibility index (Phi) is 3.63. The van der Waals surface area contributed by atoms with Crippen LogP contribution in [0.1, 0.15) is 26.1 Å². The molecule has 2 rings (SSSR count). The van der Waals surface area contributed by atoms with Crippen LogP contribution in [0, 0.1) is 13.8 Å². The van der Waals surface area contributed by atoms with Crippen LogP contribution in [0.5, 0.6) is 0 Å². The lowest BCUT2D eigenvalue weighted by Gasteiger charge is -1.94. The van der Waals surface area contributed by atoms with Crippen molar-refractivity contribution in [2.24, 2.45) is 0 Å². The summed E-state index contributed by atoms with van der Waals surface area (Å²) in [7, 11) is -1.41. The molecular formula is C11H11NO4S2. The minimum absolute atomic E-state index is 0.165. The molecule has 0 amide bonds. The molecular weight excluding hydrogens is 274 g/mol. The van der Waals surface area contributed by atoms with Crippen LogP contribution >= 0.6 is 11.3 Å². The number of thiazole rings is 1. The van der Waals surface area contributed by atoms with E-state index in [4.69, 9.17) is 9.52 Å². The molecule has 0 aliphatic carbocycles. The lowest BCUT2D eigenvalue weighted by Crippen LogP contribution is -1.96. The molecule has 2 heterocycles. The van der Waals surface area contributed by atoms with Gasteiger partial charge >= 0.3 is 5.97 Å². The van der Waals surface area contributed by atoms with Crippen molar-refractivity contribution < 1.29 is 18.5 Å². The highest BCUT2D eigenvalue weighted by molar-refractivity contribution is 7.84. The largest absolute Gasteiger partial charge is 0.475 e. The van der Waals surface area contributed by atoms with Crippen molar-refractivity contribution in [2.75, 3.05) is 0 Å². The third kappa shape index (κ3) is 2.68. The van der Waals surface area contributed by atoms with Crippen LogP contribution in [0.3, 0.4) is 0 Å². The fourth-order valence-corrected chi connectivity index (χ4v) is 3.46. The first-order valence-electron chi connectivity index (χ1n) is 5.12. The number of aryl methyl sites for hydroxylation is 2. The molecule has 0 aromatic carbocycles. The van der Waals surface area contributed by atoms with E-state index in [9.17, 15) is 9.00 Å². The highest BCUT2D eigenvalue weighted by atomic mass is 32.2. The minimum Gasteiger partial charge on any atom is -0.475 e. The number of aromatic carboxylic acids is 1. The number of rotatable bonds is 4. The number of furan rings is 1. The summed E-state index contributed by atoms with van der Waals surface area (Å²) < 4.78 is 17.0. The van der Waals surface area contributed by atoms with Gasteiger partial charge in [0.1, 0.15) is 5.01 Å². The Bertz CT molecular complexity index is 595. The van der Waals surface area contributed by atoms with Gasteiger partial charge in [0.25, 0.3) is 0 Å². The second-order valence-corrected chi connectivity index (χ2v) is 6.33. The summed E-state index contributed by atoms with van der Waals surface area (Å²) in [6.07, 6.45) is 0. The average molecular weight is 285 g/mol. The topological polar surface area (TPSA) is 80.4 Å². The molecule has 0 fully saturated rings. The van der Waals surface area contributed by atoms with E-state index in [0.29, 0.717) is 0 Å². The fraction of sp³-hybridized carbons (Fsp3) is 0.273. The van der Waals surface area contributed by atoms with Gasteiger partial charge in [-0.15, -0.1) is 11.3 Å². The maximum Gasteiger partial charge on any atom is 0.371 e. The predicted octanol–water partition coefficient (Wildman–Crippen LogP) is 2.36. The van der Waals surface area contributed by atoms with Gasteiger partial charge in [0.15, 0.2) is 5.09 Å². The van der Waals surface area contributed by atoms with Crippen molar-refractivity contribution in [3.8, 4) is 0 Å². The quantitative estimate of drug-likeness (QED) is 0.932. The molecule has 1 N–H and O–H groups in total. The van der Waals surface area contributed by atoms with Crippen LogP contribution in [0.15, 0.2) is 21.6 Å². The molecule has 0 bridgehead atoms. The molecule has 0 radical (unpaired) electrons. The van der Waals surface area contributed by atoms with Gasteiger partial charge in [0, 0.05) is 4.88 Å². The maximum atomic E-state index is 12.0. The van der Waals surface area contributed by atoms with E-state index < -0.39 is 16.8 Å². The zero-order valence-corrected chi connectivity index (χ0v) is 11.4. The number of hydrogen-bond donors (Lipinski definition) is 1. The van der Waals surface area contributed by atoms with Gasteiger partial charge in [0.05, 0.1) is 22.2 Å². The summed E-state index contributed by atoms with van der Waals surface area (Å²) >= 11 is 1.49. The zero-order valence-electron chi connectivity index (χ0n) is 9.80. The SMILES string of the molecule is Cc1nc(CS(=O)c2ccc(C(=O)O)o2)sc1C. The number of aromatic nitrogens is 1. The first kappa shape index (κ1) is 13.0. The standard InChI is InChI=1S/C11H11NO4S2/c1-6-7(2)17-9(12-6)5-18(15)10-4-3-8(16-10)11(13)14/h3-4H,5H2,1-2H3,(H,13,14). The van der Waals surface area contributed by atoms with E-state index in [1.54, 1.807) is 0 Å². The molecule has 0 saturated heterocycles. The molecule has 5 nitrogen and oxygen atoms in total. The van der Waals surface area contributed by atoms with Crippen LogP contribution in [-0.2, 0) is 16.6 Å². The smallest absolute Gasteiger partial charge is 0.371 e. The number of carbonyl (C=O) groups is 1. The first-order chi connectivity index (χ1) is 8.47. The Labute approximate surface area is 110 Å². The third-order valence-corrected chi connectivity index (χ3v) is 4.80. The van der Waals surface area contributed by atoms with Gasteiger partial charge < -0.3 is 9.52 Å². The average Bonchev–Trinajstić information content (AvgIpc) is 2.87. The van der Waals surface area contributed by atoms with E-state index in [0.717, 1.165) is 15.6 Å². The highest BCUT2D eigenvalue weighted by Crippen LogP contribution is 2.21. The molecule has 7 heteroatoms. The molecule has 0 saturated carbocycles. The monoisotopic (exact) mass is 285 g/mol. The minimum atomic E-state index is -1.41. The van der Waals surface area contributed by atoms with E-state index in [1.165, 1.54) is 23.5 Å². The van der Waals surface area contributed by atoms with Crippen LogP contribution in [-0.4, -0.2) is 20.3 Å². The maximum absolute atomic E-state index is 12.0. The Morgan fingerprint density at radius 3 is 2.72 bits per heavy atom. The van der Waals surface area contributed by atoms with Gasteiger partial charge in [-0.2, -0.15) is 0 Å². The van der Waals surface area contributed by atoms with Crippen LogP contribution in [0.25, 0.3) is 0 Å². The molecule has 0 aliphatic heterocycles. The van der Waals surface area contributed by atoms with Crippen molar-refractivity contribution in [2.45, 2.75) is 24.7 Å². The van der Waals surface area contributed by atoms with Crippen molar-refractivity contribution >= 4 is 28.1 Å². The molecule has 0 spiro atoms. The summed E-state index contributed by atoms with van der Waals surface area (Å²) in [6.45, 7) is 3.85. The van der Waals surface area contributed by atoms with Crippen molar-refractivity contribution in [1.29, 1.82) is 0 Å². The van der Waals surface area contributed by atoms with Gasteiger partial charge in [-0.3, -0.25) is 4.21 Å². The number of carboxylic acid groups (broad SMARTS) is 1. The summed E-state index contributed by atoms with van der Waals surface area (Å²) in [4.78, 5) is 16.0. The van der Waals surface area contributed by atoms with Crippen molar-refractivity contribution in [1.82, 2.24) is 4.98 Å². The van der Waals surface area contributed by atoms with Gasteiger partial charge in [0.2, 0.25) is 5.76 Å². The number of hydrogen-bond acceptors (Lipinski definition) is 5. The van der Waals surface area contributed by atoms with E-state index in [2.05, 4.69) is 4.98 Å². The van der Waals surface area contributed by atoms with E-state index >= 15 is 0 Å². The van der Waals surface area contributed by atoms with Crippen molar-refractivity contribution in [3.05, 3.63) is 33.5 Å². The second-order valence-electron chi connectivity index (χ2n) is 3.66. The molecule has 0 aliphatic rings. The van der Waals surface area contributed by atoms with Crippen LogP contribution in [0.4, 0.5) is 0 Å². The Morgan fingerprint density at radius 2 is 2.22 bits per heavy atom. The second kappa shape index (κ2) is 5.03. The van der Waals surface area contributed by atoms with Gasteiger partial charge in [-0.1, -0.05) is 0 Å². The molecule has 1 atom stereocenters. The van der Waals surface area contributed by atoms with E-state index in [-0.39, 0.29) is 16.6 Å². The van der Waals surface area contributed by atoms with Gasteiger partial charge in [-0.25, -0.2) is 9.78 Å². The summed E-state index contributed by atoms with van der Waals surface area (Å²) in [5, 5.41) is 9.63. The molecule has 18 heavy (non-hydrogen) atoms. The predicted molar refractivity (Wildman–Crippen MR) is 67.4 cm³/mol. The zero-order chi connectivity index (χ0) is 13.3. The number of nitrogens with zero attached hydrogens (tertiary/aromatic N) is 1. The fourth-order valence-electron chi connectivity index (χ4n) is 1.34. The molecule has 96 valence electrons. The molecule has 1 unspecified atom stereocenters. The summed E-state index contributed by atoms with van der Waals surface area (Å²) in [6, 6.07) is 2.72. The lowest BCUT2D eigenvalue weighted by atomic mass is 10.4. The summed E-state index contributed by atoms with van der Waals surface area (Å²) in [5.74, 6) is -1.13. The molecule has 2 aromatic heterocycles. The Hall–Kier alpha value is -1.47. The number of carboxylic acids is 1. The Balaban J connectivity index is 2.14. The molecule has 2 aromatic rings. The normalized spacial score (nSPS) is 12.6. The summed E-state index contributed by atoms with van der Waals surface area (Å²) in [5.41, 5.74) is 0.928. The lowest BCUT2D eigenvalue weighted by molar-refractivity contribution is 0.0656. The Morgan fingerprint density at radius 1 is 1.50 bits per heavy atom. The third-order valence-electron chi connectivity index (χ3n) is 2.34. The van der Waals surface area contributed by atoms with Crippen molar-refractivity contribution in [3.63, 3.8) is 0 Å².